The number of aromatic nitrogens is 1. The molecule has 22 heteroatoms. The molecule has 2 aliphatic rings. The summed E-state index contributed by atoms with van der Waals surface area (Å²) in [5, 5.41) is 7.57. The highest BCUT2D eigenvalue weighted by Crippen LogP contribution is 2.39. The molecule has 4 aromatic rings. The van der Waals surface area contributed by atoms with Crippen LogP contribution in [-0.2, 0) is 65.5 Å². The van der Waals surface area contributed by atoms with Crippen LogP contribution in [0, 0.1) is 0 Å². The molecule has 1 fully saturated rings. The number of halogens is 2. The number of alkyl halides is 1. The smallest absolute Gasteiger partial charge is 0.413 e. The Hall–Kier alpha value is -5.75. The molecule has 3 aromatic carbocycles. The van der Waals surface area contributed by atoms with Gasteiger partial charge in [0, 0.05) is 10.0 Å². The SMILES string of the molecule is COc1ccc(COC(=O)[C@H](CC(=O)OC(C)(C)C)ON=C(C(=O)N[C@@H]2C(=O)N3C(C(=O)OC(c4ccccc4)c4ccccc4)=C(CI)C[S@@+]([O-])[C@H]23)c2nc(NC(=O)OC(C)(C)C)sc2Cl)cc1. The summed E-state index contributed by atoms with van der Waals surface area (Å²) in [6, 6.07) is 23.2. The zero-order valence-corrected chi connectivity index (χ0v) is 43.0. The highest BCUT2D eigenvalue weighted by Gasteiger charge is 2.61. The molecule has 366 valence electrons. The quantitative estimate of drug-likeness (QED) is 0.0156. The highest BCUT2D eigenvalue weighted by atomic mass is 127. The molecular weight excluding hydrogens is 1070 g/mol. The Labute approximate surface area is 423 Å². The lowest BCUT2D eigenvalue weighted by Gasteiger charge is -2.49. The van der Waals surface area contributed by atoms with Gasteiger partial charge < -0.3 is 38.4 Å². The topological polar surface area (TPSA) is 233 Å². The van der Waals surface area contributed by atoms with E-state index in [4.69, 9.17) is 40.1 Å². The van der Waals surface area contributed by atoms with Crippen LogP contribution in [0.3, 0.4) is 0 Å². The second kappa shape index (κ2) is 22.8. The number of β-lactam (4-membered cyclic amide) rings is 1. The number of hydrogen-bond donors (Lipinski definition) is 2. The summed E-state index contributed by atoms with van der Waals surface area (Å²) >= 11 is 7.51. The third kappa shape index (κ3) is 13.7. The van der Waals surface area contributed by atoms with Gasteiger partial charge in [0.05, 0.1) is 13.5 Å². The number of anilines is 1. The number of thiazole rings is 1. The van der Waals surface area contributed by atoms with E-state index >= 15 is 0 Å². The Morgan fingerprint density at radius 1 is 0.942 bits per heavy atom. The molecule has 2 N–H and O–H groups in total. The van der Waals surface area contributed by atoms with Crippen LogP contribution in [0.25, 0.3) is 0 Å². The highest BCUT2D eigenvalue weighted by molar-refractivity contribution is 14.1. The van der Waals surface area contributed by atoms with Gasteiger partial charge in [0.1, 0.15) is 45.0 Å². The molecule has 6 rings (SSSR count). The normalized spacial score (nSPS) is 17.5. The van der Waals surface area contributed by atoms with Gasteiger partial charge in [0.2, 0.25) is 11.5 Å². The molecule has 0 unspecified atom stereocenters. The summed E-state index contributed by atoms with van der Waals surface area (Å²) in [7, 11) is 1.50. The van der Waals surface area contributed by atoms with Crippen molar-refractivity contribution in [2.75, 3.05) is 22.6 Å². The van der Waals surface area contributed by atoms with Gasteiger partial charge in [0.15, 0.2) is 23.0 Å². The number of nitrogens with zero attached hydrogens (tertiary/aromatic N) is 3. The average molecular weight is 1120 g/mol. The van der Waals surface area contributed by atoms with Crippen molar-refractivity contribution < 1.29 is 61.8 Å². The molecule has 2 aliphatic heterocycles. The van der Waals surface area contributed by atoms with Gasteiger partial charge in [-0.3, -0.25) is 24.6 Å². The first-order chi connectivity index (χ1) is 32.7. The molecule has 0 saturated carbocycles. The fraction of sp³-hybridized carbons (Fsp3) is 0.362. The van der Waals surface area contributed by atoms with Gasteiger partial charge in [-0.1, -0.05) is 123 Å². The second-order valence-corrected chi connectivity index (χ2v) is 21.2. The lowest BCUT2D eigenvalue weighted by Crippen LogP contribution is -2.75. The van der Waals surface area contributed by atoms with E-state index in [1.165, 1.54) is 7.11 Å². The predicted octanol–water partition coefficient (Wildman–Crippen LogP) is 7.15. The molecule has 0 aliphatic carbocycles. The number of carbonyl (C=O) groups is 6. The summed E-state index contributed by atoms with van der Waals surface area (Å²) in [4.78, 5) is 93.3. The van der Waals surface area contributed by atoms with E-state index in [-0.39, 0.29) is 37.6 Å². The molecule has 3 amide bonds. The third-order valence-corrected chi connectivity index (χ3v) is 13.5. The number of rotatable bonds is 17. The zero-order valence-electron chi connectivity index (χ0n) is 38.4. The first-order valence-corrected chi connectivity index (χ1v) is 25.3. The van der Waals surface area contributed by atoms with Crippen molar-refractivity contribution in [3.8, 4) is 5.75 Å². The number of benzene rings is 3. The first kappa shape index (κ1) is 52.6. The van der Waals surface area contributed by atoms with Crippen molar-refractivity contribution in [2.24, 2.45) is 5.16 Å². The molecule has 69 heavy (non-hydrogen) atoms. The van der Waals surface area contributed by atoms with E-state index in [9.17, 15) is 33.3 Å². The van der Waals surface area contributed by atoms with E-state index in [2.05, 4.69) is 20.8 Å². The van der Waals surface area contributed by atoms with Crippen LogP contribution < -0.4 is 15.4 Å². The van der Waals surface area contributed by atoms with Crippen molar-refractivity contribution in [3.05, 3.63) is 123 Å². The predicted molar refractivity (Wildman–Crippen MR) is 264 cm³/mol. The van der Waals surface area contributed by atoms with Gasteiger partial charge in [0.25, 0.3) is 11.8 Å². The van der Waals surface area contributed by atoms with Crippen LogP contribution in [0.1, 0.15) is 76.5 Å². The van der Waals surface area contributed by atoms with Crippen LogP contribution in [0.15, 0.2) is 101 Å². The van der Waals surface area contributed by atoms with Gasteiger partial charge in [-0.15, -0.1) is 0 Å². The Morgan fingerprint density at radius 2 is 1.55 bits per heavy atom. The number of oxime groups is 1. The van der Waals surface area contributed by atoms with Crippen LogP contribution in [0.4, 0.5) is 9.93 Å². The van der Waals surface area contributed by atoms with Crippen LogP contribution in [-0.4, -0.2) is 102 Å². The van der Waals surface area contributed by atoms with Crippen molar-refractivity contribution >= 4 is 103 Å². The summed E-state index contributed by atoms with van der Waals surface area (Å²) in [5.41, 5.74) is -0.768. The maximum absolute atomic E-state index is 14.5. The minimum Gasteiger partial charge on any atom is -0.614 e. The number of amides is 3. The maximum atomic E-state index is 14.5. The molecule has 3 heterocycles. The van der Waals surface area contributed by atoms with Crippen molar-refractivity contribution in [1.29, 1.82) is 0 Å². The monoisotopic (exact) mass is 1120 g/mol. The molecule has 1 aromatic heterocycles. The van der Waals surface area contributed by atoms with E-state index in [1.54, 1.807) is 114 Å². The molecule has 0 radical (unpaired) electrons. The van der Waals surface area contributed by atoms with E-state index in [0.717, 1.165) is 4.90 Å². The molecular formula is C47H49ClIN5O13S2. The Balaban J connectivity index is 1.30. The summed E-state index contributed by atoms with van der Waals surface area (Å²) < 4.78 is 41.5. The largest absolute Gasteiger partial charge is 0.614 e. The Morgan fingerprint density at radius 3 is 2.12 bits per heavy atom. The molecule has 0 spiro atoms. The van der Waals surface area contributed by atoms with Crippen LogP contribution in [0.5, 0.6) is 5.75 Å². The number of carbonyl (C=O) groups excluding carboxylic acids is 6. The van der Waals surface area contributed by atoms with Gasteiger partial charge in [-0.2, -0.15) is 0 Å². The molecule has 4 atom stereocenters. The van der Waals surface area contributed by atoms with Gasteiger partial charge in [-0.25, -0.2) is 19.4 Å². The van der Waals surface area contributed by atoms with Crippen LogP contribution >= 0.6 is 45.5 Å². The number of fused-ring (bicyclic) bond motifs is 1. The number of esters is 3. The van der Waals surface area contributed by atoms with Crippen molar-refractivity contribution in [1.82, 2.24) is 15.2 Å². The third-order valence-electron chi connectivity index (χ3n) is 9.75. The van der Waals surface area contributed by atoms with E-state index in [1.807, 2.05) is 34.7 Å². The number of methoxy groups -OCH3 is 1. The molecule has 0 bridgehead atoms. The fourth-order valence-corrected chi connectivity index (χ4v) is 10.5. The number of hydrogen-bond acceptors (Lipinski definition) is 16. The fourth-order valence-electron chi connectivity index (χ4n) is 6.77. The van der Waals surface area contributed by atoms with Gasteiger partial charge in [-0.05, 0) is 81.5 Å². The lowest BCUT2D eigenvalue weighted by molar-refractivity contribution is -0.169. The molecule has 18 nitrogen and oxygen atoms in total. The van der Waals surface area contributed by atoms with Crippen LogP contribution in [0.2, 0.25) is 4.34 Å². The Kier molecular flexibility index (Phi) is 17.4. The summed E-state index contributed by atoms with van der Waals surface area (Å²) in [5.74, 6) is -4.31. The Bertz CT molecular complexity index is 2560. The minimum absolute atomic E-state index is 0.0999. The number of nitrogens with one attached hydrogen (secondary N) is 2. The zero-order chi connectivity index (χ0) is 50.2. The summed E-state index contributed by atoms with van der Waals surface area (Å²) in [6.07, 6.45) is -4.31. The first-order valence-electron chi connectivity index (χ1n) is 21.2. The summed E-state index contributed by atoms with van der Waals surface area (Å²) in [6.45, 7) is 9.54. The maximum Gasteiger partial charge on any atom is 0.413 e. The van der Waals surface area contributed by atoms with Crippen molar-refractivity contribution in [3.63, 3.8) is 0 Å². The lowest BCUT2D eigenvalue weighted by atomic mass is 10.0. The minimum atomic E-state index is -1.85. The van der Waals surface area contributed by atoms with Crippen molar-refractivity contribution in [2.45, 2.75) is 89.4 Å². The van der Waals surface area contributed by atoms with E-state index < -0.39 is 93.9 Å². The van der Waals surface area contributed by atoms with Gasteiger partial charge >= 0.3 is 24.0 Å². The number of ether oxygens (including phenoxy) is 5. The standard InChI is InChI=1S/C47H49ClIN5O13S2/c1-46(2,3)65-32(55)22-31(42(58)63-24-26-18-20-30(62-7)21-19-26)67-53-34(33-38(48)68-44(51-33)52-45(60)66-47(4,5)6)39(56)50-35-40(57)54-36(29(23-49)25-69(61)41(35)54)43(59)64-37(27-14-10-8-11-15-27)28-16-12-9-13-17-28/h8-21,31,35,37,41H,22-25H2,1-7H3,(H,50,56)(H,51,52,60)/t31-,35+,41+,69+/m0/s1. The average Bonchev–Trinajstić information content (AvgIpc) is 3.65. The van der Waals surface area contributed by atoms with E-state index in [0.29, 0.717) is 39.3 Å². The molecule has 1 saturated heterocycles. The second-order valence-electron chi connectivity index (χ2n) is 17.3.